The van der Waals surface area contributed by atoms with E-state index >= 15 is 0 Å². The summed E-state index contributed by atoms with van der Waals surface area (Å²) in [5, 5.41) is 16.7. The van der Waals surface area contributed by atoms with Crippen molar-refractivity contribution in [3.05, 3.63) is 45.5 Å². The van der Waals surface area contributed by atoms with Crippen molar-refractivity contribution >= 4 is 29.1 Å². The number of hydrogen-bond acceptors (Lipinski definition) is 5. The van der Waals surface area contributed by atoms with Crippen molar-refractivity contribution in [3.8, 4) is 0 Å². The van der Waals surface area contributed by atoms with Gasteiger partial charge in [0.05, 0.1) is 6.54 Å². The van der Waals surface area contributed by atoms with Gasteiger partial charge in [0, 0.05) is 17.0 Å². The number of aryl methyl sites for hydroxylation is 1. The molecule has 0 saturated carbocycles. The topological polar surface area (TPSA) is 88.2 Å². The van der Waals surface area contributed by atoms with E-state index in [2.05, 4.69) is 15.5 Å². The van der Waals surface area contributed by atoms with Gasteiger partial charge >= 0.3 is 0 Å². The lowest BCUT2D eigenvalue weighted by Crippen LogP contribution is -2.29. The SMILES string of the molecule is Cc1nc(CNC(=O)C(O)c2cc(Cl)cc(Cl)c2)no1. The molecule has 1 unspecified atom stereocenters. The maximum atomic E-state index is 11.8. The average Bonchev–Trinajstić information content (AvgIpc) is 2.79. The number of halogens is 2. The Hall–Kier alpha value is -1.63. The van der Waals surface area contributed by atoms with Crippen molar-refractivity contribution in [2.75, 3.05) is 0 Å². The van der Waals surface area contributed by atoms with Crippen LogP contribution < -0.4 is 5.32 Å². The van der Waals surface area contributed by atoms with Crippen LogP contribution in [0.3, 0.4) is 0 Å². The van der Waals surface area contributed by atoms with E-state index in [0.29, 0.717) is 27.3 Å². The summed E-state index contributed by atoms with van der Waals surface area (Å²) in [4.78, 5) is 15.7. The first kappa shape index (κ1) is 14.8. The van der Waals surface area contributed by atoms with Crippen molar-refractivity contribution < 1.29 is 14.4 Å². The molecule has 20 heavy (non-hydrogen) atoms. The lowest BCUT2D eigenvalue weighted by Gasteiger charge is -2.11. The summed E-state index contributed by atoms with van der Waals surface area (Å²) in [5.74, 6) is 0.120. The van der Waals surface area contributed by atoms with Crippen molar-refractivity contribution in [1.82, 2.24) is 15.5 Å². The second-order valence-corrected chi connectivity index (χ2v) is 4.93. The highest BCUT2D eigenvalue weighted by molar-refractivity contribution is 6.34. The molecule has 8 heteroatoms. The Morgan fingerprint density at radius 3 is 2.60 bits per heavy atom. The Bertz CT molecular complexity index is 610. The summed E-state index contributed by atoms with van der Waals surface area (Å²) in [7, 11) is 0. The van der Waals surface area contributed by atoms with Crippen LogP contribution >= 0.6 is 23.2 Å². The highest BCUT2D eigenvalue weighted by Crippen LogP contribution is 2.23. The molecule has 1 aromatic heterocycles. The Labute approximate surface area is 124 Å². The summed E-state index contributed by atoms with van der Waals surface area (Å²) in [6.07, 6.45) is -1.38. The van der Waals surface area contributed by atoms with Crippen LogP contribution in [0.2, 0.25) is 10.0 Å². The maximum absolute atomic E-state index is 11.8. The monoisotopic (exact) mass is 315 g/mol. The number of benzene rings is 1. The molecule has 6 nitrogen and oxygen atoms in total. The summed E-state index contributed by atoms with van der Waals surface area (Å²) in [6.45, 7) is 1.70. The third kappa shape index (κ3) is 3.69. The van der Waals surface area contributed by atoms with Crippen molar-refractivity contribution in [2.45, 2.75) is 19.6 Å². The average molecular weight is 316 g/mol. The molecule has 0 aliphatic rings. The molecule has 1 heterocycles. The molecular formula is C12H11Cl2N3O3. The molecule has 2 aromatic rings. The highest BCUT2D eigenvalue weighted by Gasteiger charge is 2.18. The first-order valence-corrected chi connectivity index (χ1v) is 6.42. The van der Waals surface area contributed by atoms with Crippen LogP contribution in [0.15, 0.2) is 22.7 Å². The second-order valence-electron chi connectivity index (χ2n) is 4.05. The Morgan fingerprint density at radius 1 is 1.40 bits per heavy atom. The molecule has 0 bridgehead atoms. The van der Waals surface area contributed by atoms with Gasteiger partial charge in [-0.25, -0.2) is 0 Å². The lowest BCUT2D eigenvalue weighted by atomic mass is 10.1. The van der Waals surface area contributed by atoms with Gasteiger partial charge in [-0.1, -0.05) is 28.4 Å². The van der Waals surface area contributed by atoms with Crippen LogP contribution in [-0.2, 0) is 11.3 Å². The fraction of sp³-hybridized carbons (Fsp3) is 0.250. The van der Waals surface area contributed by atoms with Crippen LogP contribution in [0.5, 0.6) is 0 Å². The van der Waals surface area contributed by atoms with Gasteiger partial charge in [-0.15, -0.1) is 0 Å². The Morgan fingerprint density at radius 2 is 2.05 bits per heavy atom. The van der Waals surface area contributed by atoms with Gasteiger partial charge in [0.1, 0.15) is 0 Å². The van der Waals surface area contributed by atoms with Gasteiger partial charge in [0.25, 0.3) is 5.91 Å². The molecule has 0 fully saturated rings. The van der Waals surface area contributed by atoms with E-state index in [-0.39, 0.29) is 6.54 Å². The first-order chi connectivity index (χ1) is 9.45. The Kier molecular flexibility index (Phi) is 4.59. The summed E-state index contributed by atoms with van der Waals surface area (Å²) >= 11 is 11.6. The quantitative estimate of drug-likeness (QED) is 0.901. The summed E-state index contributed by atoms with van der Waals surface area (Å²) in [5.41, 5.74) is 0.310. The molecule has 0 saturated heterocycles. The molecule has 2 N–H and O–H groups in total. The molecule has 0 spiro atoms. The van der Waals surface area contributed by atoms with Gasteiger partial charge in [0.15, 0.2) is 11.9 Å². The number of hydrogen-bond donors (Lipinski definition) is 2. The number of nitrogens with one attached hydrogen (secondary N) is 1. The van der Waals surface area contributed by atoms with Crippen LogP contribution in [0.4, 0.5) is 0 Å². The number of aliphatic hydroxyl groups excluding tert-OH is 1. The van der Waals surface area contributed by atoms with E-state index in [1.54, 1.807) is 6.92 Å². The van der Waals surface area contributed by atoms with Crippen molar-refractivity contribution in [2.24, 2.45) is 0 Å². The van der Waals surface area contributed by atoms with Crippen molar-refractivity contribution in [3.63, 3.8) is 0 Å². The molecule has 0 aliphatic carbocycles. The number of carbonyl (C=O) groups is 1. The molecule has 2 rings (SSSR count). The fourth-order valence-corrected chi connectivity index (χ4v) is 2.10. The van der Waals surface area contributed by atoms with E-state index < -0.39 is 12.0 Å². The standard InChI is InChI=1S/C12H11Cl2N3O3/c1-6-16-10(17-20-6)5-15-12(19)11(18)7-2-8(13)4-9(14)3-7/h2-4,11,18H,5H2,1H3,(H,15,19). The largest absolute Gasteiger partial charge is 0.378 e. The number of aliphatic hydroxyl groups is 1. The van der Waals surface area contributed by atoms with Gasteiger partial charge in [0.2, 0.25) is 5.89 Å². The minimum Gasteiger partial charge on any atom is -0.378 e. The molecule has 0 radical (unpaired) electrons. The second kappa shape index (κ2) is 6.21. The zero-order valence-corrected chi connectivity index (χ0v) is 11.9. The van der Waals surface area contributed by atoms with Crippen LogP contribution in [-0.4, -0.2) is 21.2 Å². The zero-order valence-electron chi connectivity index (χ0n) is 10.4. The zero-order chi connectivity index (χ0) is 14.7. The molecule has 106 valence electrons. The van der Waals surface area contributed by atoms with Gasteiger partial charge < -0.3 is 14.9 Å². The number of carbonyl (C=O) groups excluding carboxylic acids is 1. The third-order valence-corrected chi connectivity index (χ3v) is 2.88. The third-order valence-electron chi connectivity index (χ3n) is 2.44. The Balaban J connectivity index is 2.01. The van der Waals surface area contributed by atoms with E-state index in [9.17, 15) is 9.90 Å². The minimum absolute atomic E-state index is 0.0571. The van der Waals surface area contributed by atoms with Crippen LogP contribution in [0, 0.1) is 6.92 Å². The normalized spacial score (nSPS) is 12.2. The molecule has 1 aromatic carbocycles. The fourth-order valence-electron chi connectivity index (χ4n) is 1.56. The summed E-state index contributed by atoms with van der Waals surface area (Å²) < 4.78 is 4.76. The predicted octanol–water partition coefficient (Wildman–Crippen LogP) is 2.03. The smallest absolute Gasteiger partial charge is 0.253 e. The number of amides is 1. The van der Waals surface area contributed by atoms with Crippen molar-refractivity contribution in [1.29, 1.82) is 0 Å². The molecular weight excluding hydrogens is 305 g/mol. The maximum Gasteiger partial charge on any atom is 0.253 e. The van der Waals surface area contributed by atoms with E-state index in [0.717, 1.165) is 0 Å². The number of aromatic nitrogens is 2. The van der Waals surface area contributed by atoms with Gasteiger partial charge in [-0.3, -0.25) is 4.79 Å². The minimum atomic E-state index is -1.38. The molecule has 0 aliphatic heterocycles. The molecule has 1 atom stereocenters. The van der Waals surface area contributed by atoms with Crippen LogP contribution in [0.1, 0.15) is 23.4 Å². The number of nitrogens with zero attached hydrogens (tertiary/aromatic N) is 2. The summed E-state index contributed by atoms with van der Waals surface area (Å²) in [6, 6.07) is 4.45. The van der Waals surface area contributed by atoms with Gasteiger partial charge in [-0.05, 0) is 23.8 Å². The lowest BCUT2D eigenvalue weighted by molar-refractivity contribution is -0.129. The van der Waals surface area contributed by atoms with Gasteiger partial charge in [-0.2, -0.15) is 4.98 Å². The predicted molar refractivity (Wildman–Crippen MR) is 72.3 cm³/mol. The first-order valence-electron chi connectivity index (χ1n) is 5.66. The molecule has 1 amide bonds. The van der Waals surface area contributed by atoms with E-state index in [1.807, 2.05) is 0 Å². The van der Waals surface area contributed by atoms with E-state index in [4.69, 9.17) is 27.7 Å². The van der Waals surface area contributed by atoms with Crippen LogP contribution in [0.25, 0.3) is 0 Å². The van der Waals surface area contributed by atoms with E-state index in [1.165, 1.54) is 18.2 Å². The highest BCUT2D eigenvalue weighted by atomic mass is 35.5. The number of rotatable bonds is 4.